The summed E-state index contributed by atoms with van der Waals surface area (Å²) in [6.07, 6.45) is 2.93. The van der Waals surface area contributed by atoms with E-state index in [1.165, 1.54) is 5.69 Å². The molecule has 1 heterocycles. The van der Waals surface area contributed by atoms with E-state index in [4.69, 9.17) is 21.7 Å². The van der Waals surface area contributed by atoms with Gasteiger partial charge in [0.15, 0.2) is 4.77 Å². The van der Waals surface area contributed by atoms with Crippen LogP contribution in [0.1, 0.15) is 12.6 Å². The molecule has 0 aliphatic heterocycles. The smallest absolute Gasteiger partial charge is 0.177 e. The van der Waals surface area contributed by atoms with Crippen molar-refractivity contribution in [3.05, 3.63) is 16.7 Å². The van der Waals surface area contributed by atoms with Gasteiger partial charge in [-0.3, -0.25) is 0 Å². The summed E-state index contributed by atoms with van der Waals surface area (Å²) in [7, 11) is 1.67. The highest BCUT2D eigenvalue weighted by molar-refractivity contribution is 7.71. The molecule has 15 heavy (non-hydrogen) atoms. The number of aromatic nitrogens is 2. The van der Waals surface area contributed by atoms with Crippen LogP contribution >= 0.6 is 12.2 Å². The minimum atomic E-state index is 0.635. The zero-order valence-electron chi connectivity index (χ0n) is 9.28. The average Bonchev–Trinajstić information content (AvgIpc) is 2.60. The number of H-pyrrole nitrogens is 1. The van der Waals surface area contributed by atoms with Gasteiger partial charge in [0.2, 0.25) is 0 Å². The Morgan fingerprint density at radius 3 is 2.87 bits per heavy atom. The van der Waals surface area contributed by atoms with E-state index >= 15 is 0 Å². The minimum absolute atomic E-state index is 0.635. The highest BCUT2D eigenvalue weighted by Gasteiger charge is 2.00. The number of methoxy groups -OCH3 is 1. The van der Waals surface area contributed by atoms with Crippen molar-refractivity contribution < 1.29 is 9.47 Å². The molecule has 0 amide bonds. The third kappa shape index (κ3) is 3.77. The molecular weight excluding hydrogens is 212 g/mol. The van der Waals surface area contributed by atoms with E-state index in [2.05, 4.69) is 16.5 Å². The molecule has 0 atom stereocenters. The molecule has 1 rings (SSSR count). The number of hydrogen-bond donors (Lipinski definition) is 1. The summed E-state index contributed by atoms with van der Waals surface area (Å²) in [5.74, 6) is 0. The van der Waals surface area contributed by atoms with Crippen LogP contribution in [-0.2, 0) is 22.4 Å². The second-order valence-corrected chi connectivity index (χ2v) is 3.58. The first kappa shape index (κ1) is 12.4. The minimum Gasteiger partial charge on any atom is -0.382 e. The summed E-state index contributed by atoms with van der Waals surface area (Å²) in [6, 6.07) is 0. The molecule has 0 unspecified atom stereocenters. The maximum Gasteiger partial charge on any atom is 0.177 e. The van der Waals surface area contributed by atoms with Crippen molar-refractivity contribution in [2.24, 2.45) is 0 Å². The molecule has 4 nitrogen and oxygen atoms in total. The van der Waals surface area contributed by atoms with Gasteiger partial charge >= 0.3 is 0 Å². The molecule has 1 N–H and O–H groups in total. The lowest BCUT2D eigenvalue weighted by molar-refractivity contribution is 0.0662. The molecule has 86 valence electrons. The number of rotatable bonds is 7. The van der Waals surface area contributed by atoms with Gasteiger partial charge in [-0.2, -0.15) is 0 Å². The van der Waals surface area contributed by atoms with E-state index in [0.29, 0.717) is 19.8 Å². The third-order valence-corrected chi connectivity index (χ3v) is 2.55. The van der Waals surface area contributed by atoms with Gasteiger partial charge in [-0.15, -0.1) is 0 Å². The van der Waals surface area contributed by atoms with Crippen LogP contribution in [0.2, 0.25) is 0 Å². The second kappa shape index (κ2) is 6.76. The first-order valence-corrected chi connectivity index (χ1v) is 5.54. The molecule has 1 aromatic rings. The van der Waals surface area contributed by atoms with Gasteiger partial charge in [0, 0.05) is 25.5 Å². The van der Waals surface area contributed by atoms with Gasteiger partial charge in [-0.1, -0.05) is 6.92 Å². The average molecular weight is 230 g/mol. The molecule has 0 saturated carbocycles. The number of aromatic amines is 1. The summed E-state index contributed by atoms with van der Waals surface area (Å²) in [6.45, 7) is 4.85. The largest absolute Gasteiger partial charge is 0.382 e. The molecule has 0 aliphatic rings. The number of ether oxygens (including phenoxy) is 2. The van der Waals surface area contributed by atoms with E-state index in [0.717, 1.165) is 17.7 Å². The van der Waals surface area contributed by atoms with Gasteiger partial charge in [-0.05, 0) is 18.6 Å². The zero-order valence-corrected chi connectivity index (χ0v) is 10.1. The van der Waals surface area contributed by atoms with Crippen LogP contribution in [0.3, 0.4) is 0 Å². The third-order valence-electron chi connectivity index (χ3n) is 2.21. The molecule has 0 bridgehead atoms. The number of imidazole rings is 1. The van der Waals surface area contributed by atoms with Crippen molar-refractivity contribution >= 4 is 12.2 Å². The van der Waals surface area contributed by atoms with Crippen molar-refractivity contribution in [1.82, 2.24) is 9.55 Å². The number of nitrogens with zero attached hydrogens (tertiary/aromatic N) is 1. The van der Waals surface area contributed by atoms with Crippen molar-refractivity contribution in [2.75, 3.05) is 26.9 Å². The van der Waals surface area contributed by atoms with Gasteiger partial charge in [0.1, 0.15) is 0 Å². The Morgan fingerprint density at radius 2 is 2.20 bits per heavy atom. The van der Waals surface area contributed by atoms with E-state index in [-0.39, 0.29) is 0 Å². The molecular formula is C10H18N2O2S. The fourth-order valence-corrected chi connectivity index (χ4v) is 1.64. The van der Waals surface area contributed by atoms with Crippen LogP contribution in [0, 0.1) is 4.77 Å². The van der Waals surface area contributed by atoms with Gasteiger partial charge in [-0.25, -0.2) is 0 Å². The van der Waals surface area contributed by atoms with Crippen molar-refractivity contribution in [2.45, 2.75) is 19.9 Å². The molecule has 0 aromatic carbocycles. The summed E-state index contributed by atoms with van der Waals surface area (Å²) in [4.78, 5) is 3.04. The van der Waals surface area contributed by atoms with Crippen molar-refractivity contribution in [3.63, 3.8) is 0 Å². The predicted molar refractivity (Wildman–Crippen MR) is 61.7 cm³/mol. The van der Waals surface area contributed by atoms with E-state index in [1.54, 1.807) is 7.11 Å². The van der Waals surface area contributed by atoms with E-state index in [9.17, 15) is 0 Å². The van der Waals surface area contributed by atoms with Gasteiger partial charge in [0.25, 0.3) is 0 Å². The van der Waals surface area contributed by atoms with Crippen LogP contribution in [0.5, 0.6) is 0 Å². The van der Waals surface area contributed by atoms with Crippen LogP contribution in [-0.4, -0.2) is 36.5 Å². The molecule has 5 heteroatoms. The Kier molecular flexibility index (Phi) is 5.60. The topological polar surface area (TPSA) is 39.2 Å². The van der Waals surface area contributed by atoms with Crippen molar-refractivity contribution in [1.29, 1.82) is 0 Å². The summed E-state index contributed by atoms with van der Waals surface area (Å²) in [5, 5.41) is 0. The number of hydrogen-bond acceptors (Lipinski definition) is 3. The van der Waals surface area contributed by atoms with Crippen LogP contribution in [0.25, 0.3) is 0 Å². The van der Waals surface area contributed by atoms with E-state index in [1.807, 2.05) is 6.20 Å². The molecule has 0 saturated heterocycles. The maximum atomic E-state index is 5.40. The monoisotopic (exact) mass is 230 g/mol. The second-order valence-electron chi connectivity index (χ2n) is 3.20. The Morgan fingerprint density at radius 1 is 1.40 bits per heavy atom. The van der Waals surface area contributed by atoms with Crippen LogP contribution in [0.4, 0.5) is 0 Å². The first-order valence-electron chi connectivity index (χ1n) is 5.13. The van der Waals surface area contributed by atoms with Crippen LogP contribution in [0.15, 0.2) is 6.20 Å². The van der Waals surface area contributed by atoms with Gasteiger partial charge < -0.3 is 19.0 Å². The summed E-state index contributed by atoms with van der Waals surface area (Å²) >= 11 is 5.17. The highest BCUT2D eigenvalue weighted by Crippen LogP contribution is 2.02. The highest BCUT2D eigenvalue weighted by atomic mass is 32.1. The quantitative estimate of drug-likeness (QED) is 0.573. The standard InChI is InChI=1S/C10H18N2O2S/c1-3-9-8-11-10(15)12(9)4-5-14-7-6-13-2/h8H,3-7H2,1-2H3,(H,11,15). The lowest BCUT2D eigenvalue weighted by Gasteiger charge is -2.07. The predicted octanol–water partition coefficient (Wildman–Crippen LogP) is 1.77. The maximum absolute atomic E-state index is 5.40. The zero-order chi connectivity index (χ0) is 11.1. The van der Waals surface area contributed by atoms with Crippen molar-refractivity contribution in [3.8, 4) is 0 Å². The van der Waals surface area contributed by atoms with E-state index < -0.39 is 0 Å². The molecule has 0 radical (unpaired) electrons. The lowest BCUT2D eigenvalue weighted by atomic mass is 10.3. The Bertz CT molecular complexity index is 332. The molecule has 0 spiro atoms. The first-order chi connectivity index (χ1) is 7.29. The summed E-state index contributed by atoms with van der Waals surface area (Å²) < 4.78 is 13.1. The Hall–Kier alpha value is -0.650. The normalized spacial score (nSPS) is 10.8. The SMILES string of the molecule is CCc1c[nH]c(=S)n1CCOCCOC. The molecule has 1 aromatic heterocycles. The molecule has 0 fully saturated rings. The Labute approximate surface area is 95.2 Å². The number of aryl methyl sites for hydroxylation is 1. The Balaban J connectivity index is 2.36. The van der Waals surface area contributed by atoms with Gasteiger partial charge in [0.05, 0.1) is 19.8 Å². The fraction of sp³-hybridized carbons (Fsp3) is 0.700. The van der Waals surface area contributed by atoms with Crippen LogP contribution < -0.4 is 0 Å². The number of nitrogens with one attached hydrogen (secondary N) is 1. The lowest BCUT2D eigenvalue weighted by Crippen LogP contribution is -2.11. The fourth-order valence-electron chi connectivity index (χ4n) is 1.37. The summed E-state index contributed by atoms with van der Waals surface area (Å²) in [5.41, 5.74) is 1.22. The molecule has 0 aliphatic carbocycles.